The van der Waals surface area contributed by atoms with E-state index in [1.165, 1.54) is 0 Å². The van der Waals surface area contributed by atoms with Crippen molar-refractivity contribution in [1.82, 2.24) is 28.3 Å². The maximum Gasteiger partial charge on any atom is 0.343 e. The summed E-state index contributed by atoms with van der Waals surface area (Å²) in [5, 5.41) is 6.76. The smallest absolute Gasteiger partial charge is 0.304 e. The molecule has 1 aliphatic carbocycles. The zero-order valence-corrected chi connectivity index (χ0v) is 16.3. The Morgan fingerprint density at radius 3 is 2.42 bits per heavy atom. The van der Waals surface area contributed by atoms with Gasteiger partial charge in [0, 0.05) is 39.3 Å². The summed E-state index contributed by atoms with van der Waals surface area (Å²) >= 11 is 0. The summed E-state index contributed by atoms with van der Waals surface area (Å²) in [5.74, 6) is 1.37. The minimum Gasteiger partial charge on any atom is -0.304 e. The van der Waals surface area contributed by atoms with Crippen LogP contribution < -0.4 is 5.69 Å². The molecule has 1 aromatic rings. The monoisotopic (exact) mass is 384 g/mol. The van der Waals surface area contributed by atoms with Crippen LogP contribution in [0.25, 0.3) is 0 Å². The molecule has 2 atom stereocenters. The lowest BCUT2D eigenvalue weighted by Crippen LogP contribution is -2.52. The van der Waals surface area contributed by atoms with Crippen molar-refractivity contribution in [3.63, 3.8) is 0 Å². The van der Waals surface area contributed by atoms with Crippen LogP contribution in [0.1, 0.15) is 38.1 Å². The highest BCUT2D eigenvalue weighted by molar-refractivity contribution is 7.86. The molecule has 1 N–H and O–H groups in total. The number of likely N-dealkylation sites (N-methyl/N-ethyl adjacent to an activating group) is 1. The maximum absolute atomic E-state index is 13.4. The molecule has 2 saturated heterocycles. The van der Waals surface area contributed by atoms with E-state index in [0.29, 0.717) is 37.9 Å². The summed E-state index contributed by atoms with van der Waals surface area (Å²) < 4.78 is 31.6. The van der Waals surface area contributed by atoms with Gasteiger partial charge in [0.15, 0.2) is 5.82 Å². The van der Waals surface area contributed by atoms with Crippen molar-refractivity contribution in [3.8, 4) is 0 Å². The Morgan fingerprint density at radius 2 is 1.81 bits per heavy atom. The lowest BCUT2D eigenvalue weighted by molar-refractivity contribution is 0.204. The van der Waals surface area contributed by atoms with Crippen molar-refractivity contribution >= 4 is 10.2 Å². The number of aromatic amines is 1. The lowest BCUT2D eigenvalue weighted by Gasteiger charge is -2.36. The lowest BCUT2D eigenvalue weighted by atomic mass is 9.94. The van der Waals surface area contributed by atoms with Crippen LogP contribution >= 0.6 is 0 Å². The van der Waals surface area contributed by atoms with Gasteiger partial charge in [-0.05, 0) is 45.1 Å². The van der Waals surface area contributed by atoms with Crippen molar-refractivity contribution in [2.24, 2.45) is 11.8 Å². The normalized spacial score (nSPS) is 29.5. The number of nitrogens with zero attached hydrogens (tertiary/aromatic N) is 5. The van der Waals surface area contributed by atoms with Gasteiger partial charge in [-0.1, -0.05) is 0 Å². The summed E-state index contributed by atoms with van der Waals surface area (Å²) in [6.45, 7) is 5.39. The van der Waals surface area contributed by atoms with Crippen LogP contribution in [0.3, 0.4) is 0 Å². The average molecular weight is 385 g/mol. The van der Waals surface area contributed by atoms with Gasteiger partial charge in [0.05, 0.1) is 6.04 Å². The molecule has 0 radical (unpaired) electrons. The van der Waals surface area contributed by atoms with Gasteiger partial charge in [0.2, 0.25) is 0 Å². The largest absolute Gasteiger partial charge is 0.343 e. The molecule has 1 aromatic heterocycles. The third kappa shape index (κ3) is 3.02. The molecule has 0 amide bonds. The van der Waals surface area contributed by atoms with Gasteiger partial charge in [-0.25, -0.2) is 9.89 Å². The van der Waals surface area contributed by atoms with E-state index in [9.17, 15) is 13.2 Å². The molecule has 3 heterocycles. The number of nitrogens with one attached hydrogen (secondary N) is 1. The fourth-order valence-electron chi connectivity index (χ4n) is 4.41. The van der Waals surface area contributed by atoms with Gasteiger partial charge >= 0.3 is 5.69 Å². The van der Waals surface area contributed by atoms with E-state index in [4.69, 9.17) is 0 Å². The van der Waals surface area contributed by atoms with Gasteiger partial charge in [0.25, 0.3) is 10.2 Å². The van der Waals surface area contributed by atoms with Crippen LogP contribution in [0, 0.1) is 11.8 Å². The average Bonchev–Trinajstić information content (AvgIpc) is 3.25. The highest BCUT2D eigenvalue weighted by Crippen LogP contribution is 2.51. The summed E-state index contributed by atoms with van der Waals surface area (Å²) in [5.41, 5.74) is -0.263. The summed E-state index contributed by atoms with van der Waals surface area (Å²) in [6.07, 6.45) is 3.13. The molecule has 1 saturated carbocycles. The molecule has 0 aromatic carbocycles. The second kappa shape index (κ2) is 6.74. The Morgan fingerprint density at radius 1 is 1.12 bits per heavy atom. The van der Waals surface area contributed by atoms with E-state index in [-0.39, 0.29) is 17.6 Å². The van der Waals surface area contributed by atoms with Gasteiger partial charge in [-0.3, -0.25) is 4.57 Å². The van der Waals surface area contributed by atoms with Crippen LogP contribution in [-0.2, 0) is 16.8 Å². The van der Waals surface area contributed by atoms with Crippen molar-refractivity contribution in [3.05, 3.63) is 16.3 Å². The van der Waals surface area contributed by atoms with E-state index in [1.54, 1.807) is 13.2 Å². The molecule has 4 rings (SSSR count). The SMILES string of the molecule is CCn1c(C2C(C3CC3)CCN2S(=O)(=O)N2CCN(C)CC2)n[nH]c1=O. The van der Waals surface area contributed by atoms with E-state index >= 15 is 0 Å². The van der Waals surface area contributed by atoms with Gasteiger partial charge < -0.3 is 4.90 Å². The fraction of sp³-hybridized carbons (Fsp3) is 0.875. The van der Waals surface area contributed by atoms with Gasteiger partial charge in [-0.15, -0.1) is 0 Å². The predicted octanol–water partition coefficient (Wildman–Crippen LogP) is -0.143. The van der Waals surface area contributed by atoms with Crippen molar-refractivity contribution in [1.29, 1.82) is 0 Å². The molecule has 2 aliphatic heterocycles. The molecule has 0 bridgehead atoms. The first-order valence-electron chi connectivity index (χ1n) is 9.54. The molecule has 26 heavy (non-hydrogen) atoms. The molecule has 3 aliphatic rings. The molecular weight excluding hydrogens is 356 g/mol. The second-order valence-corrected chi connectivity index (χ2v) is 9.57. The first-order valence-corrected chi connectivity index (χ1v) is 10.9. The van der Waals surface area contributed by atoms with Crippen molar-refractivity contribution < 1.29 is 8.42 Å². The Kier molecular flexibility index (Phi) is 4.70. The third-order valence-electron chi connectivity index (χ3n) is 6.08. The number of hydrogen-bond acceptors (Lipinski definition) is 5. The van der Waals surface area contributed by atoms with E-state index < -0.39 is 10.2 Å². The number of hydrogen-bond donors (Lipinski definition) is 1. The maximum atomic E-state index is 13.4. The molecular formula is C16H28N6O3S. The highest BCUT2D eigenvalue weighted by atomic mass is 32.2. The molecule has 2 unspecified atom stereocenters. The van der Waals surface area contributed by atoms with E-state index in [1.807, 2.05) is 14.0 Å². The second-order valence-electron chi connectivity index (χ2n) is 7.69. The number of rotatable bonds is 5. The third-order valence-corrected chi connectivity index (χ3v) is 8.10. The van der Waals surface area contributed by atoms with Crippen LogP contribution in [0.15, 0.2) is 4.79 Å². The van der Waals surface area contributed by atoms with Crippen LogP contribution in [-0.4, -0.2) is 76.5 Å². The van der Waals surface area contributed by atoms with Crippen molar-refractivity contribution in [2.45, 2.75) is 38.8 Å². The molecule has 146 valence electrons. The Balaban J connectivity index is 1.68. The quantitative estimate of drug-likeness (QED) is 0.762. The van der Waals surface area contributed by atoms with Gasteiger partial charge in [-0.2, -0.15) is 22.1 Å². The summed E-state index contributed by atoms with van der Waals surface area (Å²) in [7, 11) is -1.56. The summed E-state index contributed by atoms with van der Waals surface area (Å²) in [4.78, 5) is 14.2. The van der Waals surface area contributed by atoms with Crippen LogP contribution in [0.5, 0.6) is 0 Å². The van der Waals surface area contributed by atoms with Crippen molar-refractivity contribution in [2.75, 3.05) is 39.8 Å². The van der Waals surface area contributed by atoms with Gasteiger partial charge in [0.1, 0.15) is 0 Å². The Labute approximate surface area is 154 Å². The summed E-state index contributed by atoms with van der Waals surface area (Å²) in [6, 6.07) is -0.342. The first kappa shape index (κ1) is 18.1. The minimum atomic E-state index is -3.57. The number of aromatic nitrogens is 3. The highest BCUT2D eigenvalue weighted by Gasteiger charge is 2.51. The van der Waals surface area contributed by atoms with Crippen LogP contribution in [0.4, 0.5) is 0 Å². The van der Waals surface area contributed by atoms with E-state index in [0.717, 1.165) is 32.4 Å². The van der Waals surface area contributed by atoms with E-state index in [2.05, 4.69) is 15.1 Å². The number of H-pyrrole nitrogens is 1. The topological polar surface area (TPSA) is 94.5 Å². The molecule has 10 heteroatoms. The number of piperazine rings is 1. The fourth-order valence-corrected chi connectivity index (χ4v) is 6.21. The standard InChI is InChI=1S/C16H28N6O3S/c1-3-21-15(17-18-16(21)23)14-13(12-4-5-12)6-7-22(14)26(24,25)20-10-8-19(2)9-11-20/h12-14H,3-11H2,1-2H3,(H,18,23). The zero-order valence-electron chi connectivity index (χ0n) is 15.5. The first-order chi connectivity index (χ1) is 12.4. The molecule has 3 fully saturated rings. The van der Waals surface area contributed by atoms with Crippen LogP contribution in [0.2, 0.25) is 0 Å². The molecule has 0 spiro atoms. The Bertz CT molecular complexity index is 806. The predicted molar refractivity (Wildman–Crippen MR) is 96.8 cm³/mol. The molecule has 9 nitrogen and oxygen atoms in total. The Hall–Kier alpha value is -1.23. The zero-order chi connectivity index (χ0) is 18.5. The minimum absolute atomic E-state index is 0.248.